The molecule has 1 amide bonds. The fourth-order valence-electron chi connectivity index (χ4n) is 5.07. The van der Waals surface area contributed by atoms with Gasteiger partial charge in [-0.15, -0.1) is 0 Å². The molecule has 1 aliphatic heterocycles. The lowest BCUT2D eigenvalue weighted by Gasteiger charge is -2.29. The summed E-state index contributed by atoms with van der Waals surface area (Å²) in [7, 11) is -3.02. The molecule has 4 rings (SSSR count). The Bertz CT molecular complexity index is 1450. The largest absolute Gasteiger partial charge is 0.369 e. The molecule has 0 radical (unpaired) electrons. The molecule has 3 aromatic rings. The van der Waals surface area contributed by atoms with E-state index in [9.17, 15) is 18.0 Å². The first-order valence-electron chi connectivity index (χ1n) is 12.6. The summed E-state index contributed by atoms with van der Waals surface area (Å²) in [6, 6.07) is 6.08. The minimum absolute atomic E-state index is 0.104. The van der Waals surface area contributed by atoms with Crippen molar-refractivity contribution in [1.29, 1.82) is 0 Å². The van der Waals surface area contributed by atoms with Crippen LogP contribution in [0.3, 0.4) is 0 Å². The van der Waals surface area contributed by atoms with E-state index in [0.717, 1.165) is 46.3 Å². The first-order chi connectivity index (χ1) is 17.0. The van der Waals surface area contributed by atoms with Crippen LogP contribution in [0.1, 0.15) is 66.0 Å². The summed E-state index contributed by atoms with van der Waals surface area (Å²) in [6.45, 7) is 11.0. The Hall–Kier alpha value is -3.07. The number of fused-ring (bicyclic) bond motifs is 1. The third kappa shape index (κ3) is 5.21. The molecule has 0 aliphatic carbocycles. The van der Waals surface area contributed by atoms with E-state index in [4.69, 9.17) is 0 Å². The van der Waals surface area contributed by atoms with Crippen LogP contribution < -0.4 is 15.8 Å². The second-order valence-electron chi connectivity index (χ2n) is 10.1. The first-order valence-corrected chi connectivity index (χ1v) is 14.4. The van der Waals surface area contributed by atoms with Crippen molar-refractivity contribution in [1.82, 2.24) is 14.9 Å². The van der Waals surface area contributed by atoms with E-state index in [2.05, 4.69) is 47.9 Å². The minimum Gasteiger partial charge on any atom is -0.369 e. The summed E-state index contributed by atoms with van der Waals surface area (Å²) < 4.78 is 26.1. The van der Waals surface area contributed by atoms with Crippen LogP contribution in [0, 0.1) is 13.8 Å². The molecule has 36 heavy (non-hydrogen) atoms. The maximum Gasteiger partial charge on any atom is 0.253 e. The molecule has 0 saturated carbocycles. The van der Waals surface area contributed by atoms with Crippen molar-refractivity contribution in [3.63, 3.8) is 0 Å². The Balaban J connectivity index is 1.73. The Morgan fingerprint density at radius 1 is 1.14 bits per heavy atom. The molecule has 194 valence electrons. The minimum atomic E-state index is -3.02. The molecule has 1 saturated heterocycles. The number of hydrogen-bond acceptors (Lipinski definition) is 5. The number of anilines is 1. The number of sulfone groups is 1. The Kier molecular flexibility index (Phi) is 7.31. The van der Waals surface area contributed by atoms with Gasteiger partial charge in [0.1, 0.15) is 0 Å². The van der Waals surface area contributed by atoms with Gasteiger partial charge in [-0.1, -0.05) is 13.3 Å². The zero-order valence-electron chi connectivity index (χ0n) is 21.8. The molecule has 1 fully saturated rings. The monoisotopic (exact) mass is 512 g/mol. The molecule has 1 aliphatic rings. The SMILES string of the molecule is CCCc1cc(C)[nH]c(=O)c1CNC(=O)c1cc(N2CCS(=O)(=O)CC2)cc2c1c(C)cn2C(C)C. The summed E-state index contributed by atoms with van der Waals surface area (Å²) in [5.74, 6) is -0.0427. The van der Waals surface area contributed by atoms with Crippen LogP contribution in [0.4, 0.5) is 5.69 Å². The molecule has 0 atom stereocenters. The lowest BCUT2D eigenvalue weighted by molar-refractivity contribution is 0.0952. The molecule has 0 bridgehead atoms. The van der Waals surface area contributed by atoms with Crippen LogP contribution in [0.5, 0.6) is 0 Å². The Labute approximate surface area is 212 Å². The first kappa shape index (κ1) is 26.0. The van der Waals surface area contributed by atoms with E-state index < -0.39 is 9.84 Å². The van der Waals surface area contributed by atoms with Crippen molar-refractivity contribution < 1.29 is 13.2 Å². The predicted octanol–water partition coefficient (Wildman–Crippen LogP) is 3.64. The molecular weight excluding hydrogens is 476 g/mol. The number of hydrogen-bond donors (Lipinski definition) is 2. The number of aromatic amines is 1. The van der Waals surface area contributed by atoms with Gasteiger partial charge in [0, 0.05) is 54.2 Å². The number of carbonyl (C=O) groups is 1. The van der Waals surface area contributed by atoms with Crippen molar-refractivity contribution >= 4 is 32.3 Å². The molecule has 0 unspecified atom stereocenters. The summed E-state index contributed by atoms with van der Waals surface area (Å²) in [4.78, 5) is 31.2. The van der Waals surface area contributed by atoms with Crippen LogP contribution in [-0.4, -0.2) is 48.5 Å². The number of nitrogens with zero attached hydrogens (tertiary/aromatic N) is 2. The standard InChI is InChI=1S/C27H36N4O4S/c1-6-7-20-12-19(5)29-27(33)23(20)15-28-26(32)22-13-21(30-8-10-36(34,35)11-9-30)14-24-25(22)18(4)16-31(24)17(2)3/h12-14,16-17H,6-11,15H2,1-5H3,(H,28,32)(H,29,33). The van der Waals surface area contributed by atoms with Crippen LogP contribution in [-0.2, 0) is 22.8 Å². The van der Waals surface area contributed by atoms with E-state index >= 15 is 0 Å². The summed E-state index contributed by atoms with van der Waals surface area (Å²) in [5.41, 5.74) is 5.48. The van der Waals surface area contributed by atoms with Gasteiger partial charge < -0.3 is 19.8 Å². The average molecular weight is 513 g/mol. The smallest absolute Gasteiger partial charge is 0.253 e. The van der Waals surface area contributed by atoms with Crippen molar-refractivity contribution in [3.8, 4) is 0 Å². The highest BCUT2D eigenvalue weighted by atomic mass is 32.2. The van der Waals surface area contributed by atoms with Gasteiger partial charge in [0.05, 0.1) is 22.6 Å². The van der Waals surface area contributed by atoms with Crippen molar-refractivity contribution in [2.24, 2.45) is 0 Å². The van der Waals surface area contributed by atoms with E-state index in [1.807, 2.05) is 30.9 Å². The second-order valence-corrected chi connectivity index (χ2v) is 12.4. The quantitative estimate of drug-likeness (QED) is 0.503. The maximum atomic E-state index is 13.6. The van der Waals surface area contributed by atoms with Gasteiger partial charge in [-0.2, -0.15) is 0 Å². The van der Waals surface area contributed by atoms with Gasteiger partial charge in [-0.25, -0.2) is 8.42 Å². The molecule has 2 aromatic heterocycles. The highest BCUT2D eigenvalue weighted by Crippen LogP contribution is 2.33. The van der Waals surface area contributed by atoms with Crippen molar-refractivity contribution in [2.45, 2.75) is 60.0 Å². The number of rotatable bonds is 7. The van der Waals surface area contributed by atoms with E-state index in [1.54, 1.807) is 0 Å². The number of pyridine rings is 1. The molecule has 2 N–H and O–H groups in total. The van der Waals surface area contributed by atoms with Crippen molar-refractivity contribution in [3.05, 3.63) is 62.7 Å². The van der Waals surface area contributed by atoms with Crippen LogP contribution in [0.25, 0.3) is 10.9 Å². The molecule has 1 aromatic carbocycles. The lowest BCUT2D eigenvalue weighted by Crippen LogP contribution is -2.40. The van der Waals surface area contributed by atoms with Crippen LogP contribution >= 0.6 is 0 Å². The number of aryl methyl sites for hydroxylation is 3. The van der Waals surface area contributed by atoms with E-state index in [-0.39, 0.29) is 35.6 Å². The fraction of sp³-hybridized carbons (Fsp3) is 0.481. The van der Waals surface area contributed by atoms with Gasteiger partial charge in [0.2, 0.25) is 0 Å². The van der Waals surface area contributed by atoms with E-state index in [1.165, 1.54) is 0 Å². The maximum absolute atomic E-state index is 13.6. The number of H-pyrrole nitrogens is 1. The zero-order chi connectivity index (χ0) is 26.2. The normalized spacial score (nSPS) is 15.6. The number of benzene rings is 1. The molecule has 3 heterocycles. The Morgan fingerprint density at radius 3 is 2.47 bits per heavy atom. The highest BCUT2D eigenvalue weighted by molar-refractivity contribution is 7.91. The number of amides is 1. The van der Waals surface area contributed by atoms with Gasteiger partial charge in [0.25, 0.3) is 11.5 Å². The second kappa shape index (κ2) is 10.1. The molecule has 9 heteroatoms. The third-order valence-corrected chi connectivity index (χ3v) is 8.54. The fourth-order valence-corrected chi connectivity index (χ4v) is 6.27. The highest BCUT2D eigenvalue weighted by Gasteiger charge is 2.25. The number of aromatic nitrogens is 2. The van der Waals surface area contributed by atoms with Gasteiger partial charge in [-0.05, 0) is 63.4 Å². The molecular formula is C27H36N4O4S. The topological polar surface area (TPSA) is 104 Å². The molecule has 8 nitrogen and oxygen atoms in total. The predicted molar refractivity (Wildman–Crippen MR) is 145 cm³/mol. The lowest BCUT2D eigenvalue weighted by atomic mass is 10.0. The van der Waals surface area contributed by atoms with Crippen LogP contribution in [0.2, 0.25) is 0 Å². The van der Waals surface area contributed by atoms with E-state index in [0.29, 0.717) is 24.2 Å². The van der Waals surface area contributed by atoms with Crippen LogP contribution in [0.15, 0.2) is 29.2 Å². The average Bonchev–Trinajstić information content (AvgIpc) is 3.14. The van der Waals surface area contributed by atoms with Gasteiger partial charge in [-0.3, -0.25) is 9.59 Å². The zero-order valence-corrected chi connectivity index (χ0v) is 22.6. The molecule has 0 spiro atoms. The summed E-state index contributed by atoms with van der Waals surface area (Å²) in [6.07, 6.45) is 3.73. The number of carbonyl (C=O) groups excluding carboxylic acids is 1. The van der Waals surface area contributed by atoms with Crippen molar-refractivity contribution in [2.75, 3.05) is 29.5 Å². The van der Waals surface area contributed by atoms with Gasteiger partial charge >= 0.3 is 0 Å². The van der Waals surface area contributed by atoms with Gasteiger partial charge in [0.15, 0.2) is 9.84 Å². The number of nitrogens with one attached hydrogen (secondary N) is 2. The summed E-state index contributed by atoms with van der Waals surface area (Å²) >= 11 is 0. The Morgan fingerprint density at radius 2 is 1.83 bits per heavy atom. The summed E-state index contributed by atoms with van der Waals surface area (Å²) in [5, 5.41) is 3.87. The third-order valence-electron chi connectivity index (χ3n) is 6.93.